The maximum atomic E-state index is 12.0. The summed E-state index contributed by atoms with van der Waals surface area (Å²) in [5.41, 5.74) is 1.85. The van der Waals surface area contributed by atoms with E-state index in [2.05, 4.69) is 10.3 Å². The number of alkyl halides is 2. The van der Waals surface area contributed by atoms with Gasteiger partial charge in [-0.25, -0.2) is 0 Å². The number of halogens is 2. The molecule has 2 aromatic heterocycles. The van der Waals surface area contributed by atoms with E-state index >= 15 is 0 Å². The molecule has 0 spiro atoms. The van der Waals surface area contributed by atoms with Crippen molar-refractivity contribution >= 4 is 17.4 Å². The Morgan fingerprint density at radius 1 is 1.26 bits per heavy atom. The van der Waals surface area contributed by atoms with Crippen LogP contribution in [0, 0.1) is 6.92 Å². The Bertz CT molecular complexity index is 514. The third-order valence-electron chi connectivity index (χ3n) is 2.45. The molecule has 1 N–H and O–H groups in total. The van der Waals surface area contributed by atoms with E-state index in [0.29, 0.717) is 29.8 Å². The molecule has 2 aromatic rings. The van der Waals surface area contributed by atoms with E-state index in [4.69, 9.17) is 4.42 Å². The van der Waals surface area contributed by atoms with Gasteiger partial charge in [0.25, 0.3) is 5.76 Å². The van der Waals surface area contributed by atoms with Crippen molar-refractivity contribution in [1.82, 2.24) is 4.98 Å². The van der Waals surface area contributed by atoms with Crippen molar-refractivity contribution in [2.24, 2.45) is 0 Å². The van der Waals surface area contributed by atoms with Gasteiger partial charge in [0.15, 0.2) is 0 Å². The van der Waals surface area contributed by atoms with E-state index in [0.717, 1.165) is 11.4 Å². The van der Waals surface area contributed by atoms with Gasteiger partial charge in [-0.2, -0.15) is 8.78 Å². The van der Waals surface area contributed by atoms with Crippen molar-refractivity contribution in [3.8, 4) is 0 Å². The van der Waals surface area contributed by atoms with E-state index in [1.807, 2.05) is 19.1 Å². The molecule has 0 aliphatic heterocycles. The Kier molecular flexibility index (Phi) is 4.79. The lowest BCUT2D eigenvalue weighted by molar-refractivity contribution is 0.251. The van der Waals surface area contributed by atoms with Crippen LogP contribution in [-0.2, 0) is 12.3 Å². The second-order valence-corrected chi connectivity index (χ2v) is 4.96. The molecule has 0 atom stereocenters. The summed E-state index contributed by atoms with van der Waals surface area (Å²) in [4.78, 5) is 4.17. The van der Waals surface area contributed by atoms with Gasteiger partial charge in [0, 0.05) is 5.69 Å². The zero-order chi connectivity index (χ0) is 13.7. The lowest BCUT2D eigenvalue weighted by atomic mass is 10.3. The van der Waals surface area contributed by atoms with Gasteiger partial charge in [0.1, 0.15) is 11.5 Å². The topological polar surface area (TPSA) is 38.1 Å². The third kappa shape index (κ3) is 4.55. The molecular formula is C13H14F2N2OS. The zero-order valence-corrected chi connectivity index (χ0v) is 11.2. The molecule has 2 heterocycles. The standard InChI is InChI=1S/C13H14F2N2OS/c1-9-2-3-10(6-16-9)17-7-11-4-5-12(18-11)8-19-13(14)15/h2-6,13,17H,7-8H2,1H3. The predicted molar refractivity (Wildman–Crippen MR) is 72.3 cm³/mol. The summed E-state index contributed by atoms with van der Waals surface area (Å²) in [7, 11) is 0. The number of pyridine rings is 1. The van der Waals surface area contributed by atoms with Crippen LogP contribution in [0.25, 0.3) is 0 Å². The van der Waals surface area contributed by atoms with E-state index in [1.54, 1.807) is 18.3 Å². The number of thioether (sulfide) groups is 1. The highest BCUT2D eigenvalue weighted by Gasteiger charge is 2.07. The zero-order valence-electron chi connectivity index (χ0n) is 10.4. The minimum absolute atomic E-state index is 0.184. The van der Waals surface area contributed by atoms with Crippen LogP contribution >= 0.6 is 11.8 Å². The van der Waals surface area contributed by atoms with Gasteiger partial charge < -0.3 is 9.73 Å². The highest BCUT2D eigenvalue weighted by atomic mass is 32.2. The molecule has 0 fully saturated rings. The molecule has 0 aliphatic carbocycles. The van der Waals surface area contributed by atoms with Gasteiger partial charge in [-0.1, -0.05) is 11.8 Å². The fourth-order valence-corrected chi connectivity index (χ4v) is 1.95. The number of rotatable bonds is 6. The number of aryl methyl sites for hydroxylation is 1. The maximum absolute atomic E-state index is 12.0. The van der Waals surface area contributed by atoms with Crippen LogP contribution in [0.15, 0.2) is 34.9 Å². The van der Waals surface area contributed by atoms with Gasteiger partial charge in [-0.05, 0) is 31.2 Å². The predicted octanol–water partition coefficient (Wildman–Crippen LogP) is 4.05. The molecule has 19 heavy (non-hydrogen) atoms. The van der Waals surface area contributed by atoms with Crippen molar-refractivity contribution in [2.75, 3.05) is 5.32 Å². The number of nitrogens with zero attached hydrogens (tertiary/aromatic N) is 1. The van der Waals surface area contributed by atoms with Gasteiger partial charge in [-0.3, -0.25) is 4.98 Å². The summed E-state index contributed by atoms with van der Waals surface area (Å²) >= 11 is 0.556. The normalized spacial score (nSPS) is 10.9. The minimum Gasteiger partial charge on any atom is -0.463 e. The molecule has 0 saturated carbocycles. The SMILES string of the molecule is Cc1ccc(NCc2ccc(CSC(F)F)o2)cn1. The Labute approximate surface area is 114 Å². The molecule has 0 saturated heterocycles. The summed E-state index contributed by atoms with van der Waals surface area (Å²) in [5, 5.41) is 3.16. The van der Waals surface area contributed by atoms with E-state index in [9.17, 15) is 8.78 Å². The van der Waals surface area contributed by atoms with Crippen molar-refractivity contribution in [3.05, 3.63) is 47.7 Å². The van der Waals surface area contributed by atoms with Crippen molar-refractivity contribution in [2.45, 2.75) is 25.0 Å². The second kappa shape index (κ2) is 6.56. The van der Waals surface area contributed by atoms with E-state index < -0.39 is 5.76 Å². The molecule has 0 radical (unpaired) electrons. The van der Waals surface area contributed by atoms with Crippen LogP contribution in [0.2, 0.25) is 0 Å². The molecule has 2 rings (SSSR count). The molecule has 0 aromatic carbocycles. The minimum atomic E-state index is -2.37. The first kappa shape index (κ1) is 13.9. The summed E-state index contributed by atoms with van der Waals surface area (Å²) in [5.74, 6) is -0.913. The number of furan rings is 1. The number of hydrogen-bond acceptors (Lipinski definition) is 4. The van der Waals surface area contributed by atoms with Crippen molar-refractivity contribution in [3.63, 3.8) is 0 Å². The number of anilines is 1. The first-order valence-electron chi connectivity index (χ1n) is 5.77. The molecule has 0 aliphatic rings. The Hall–Kier alpha value is -1.56. The first-order valence-corrected chi connectivity index (χ1v) is 6.82. The Morgan fingerprint density at radius 2 is 2.05 bits per heavy atom. The molecule has 102 valence electrons. The maximum Gasteiger partial charge on any atom is 0.284 e. The smallest absolute Gasteiger partial charge is 0.284 e. The van der Waals surface area contributed by atoms with E-state index in [1.165, 1.54) is 0 Å². The van der Waals surface area contributed by atoms with Gasteiger partial charge >= 0.3 is 0 Å². The van der Waals surface area contributed by atoms with Gasteiger partial charge in [0.05, 0.1) is 24.2 Å². The molecule has 3 nitrogen and oxygen atoms in total. The highest BCUT2D eigenvalue weighted by molar-refractivity contribution is 7.98. The summed E-state index contributed by atoms with van der Waals surface area (Å²) in [6.45, 7) is 2.42. The van der Waals surface area contributed by atoms with Crippen molar-refractivity contribution in [1.29, 1.82) is 0 Å². The summed E-state index contributed by atoms with van der Waals surface area (Å²) in [6.07, 6.45) is 1.74. The molecule has 0 bridgehead atoms. The molecular weight excluding hydrogens is 270 g/mol. The van der Waals surface area contributed by atoms with Crippen LogP contribution in [0.1, 0.15) is 17.2 Å². The summed E-state index contributed by atoms with van der Waals surface area (Å²) < 4.78 is 29.5. The quantitative estimate of drug-likeness (QED) is 0.868. The average molecular weight is 284 g/mol. The largest absolute Gasteiger partial charge is 0.463 e. The highest BCUT2D eigenvalue weighted by Crippen LogP contribution is 2.21. The van der Waals surface area contributed by atoms with Crippen LogP contribution in [-0.4, -0.2) is 10.7 Å². The fourth-order valence-electron chi connectivity index (χ4n) is 1.50. The first-order chi connectivity index (χ1) is 9.13. The lowest BCUT2D eigenvalue weighted by Gasteiger charge is -2.04. The second-order valence-electron chi connectivity index (χ2n) is 3.98. The number of hydrogen-bond donors (Lipinski definition) is 1. The number of nitrogens with one attached hydrogen (secondary N) is 1. The van der Waals surface area contributed by atoms with Crippen LogP contribution in [0.3, 0.4) is 0 Å². The van der Waals surface area contributed by atoms with Crippen LogP contribution in [0.4, 0.5) is 14.5 Å². The lowest BCUT2D eigenvalue weighted by Crippen LogP contribution is -1.98. The summed E-state index contributed by atoms with van der Waals surface area (Å²) in [6, 6.07) is 7.35. The fraction of sp³-hybridized carbons (Fsp3) is 0.308. The van der Waals surface area contributed by atoms with Gasteiger partial charge in [-0.15, -0.1) is 0 Å². The number of aromatic nitrogens is 1. The molecule has 6 heteroatoms. The van der Waals surface area contributed by atoms with Crippen molar-refractivity contribution < 1.29 is 13.2 Å². The van der Waals surface area contributed by atoms with Crippen LogP contribution < -0.4 is 5.32 Å². The third-order valence-corrected chi connectivity index (χ3v) is 3.15. The Balaban J connectivity index is 1.84. The van der Waals surface area contributed by atoms with Gasteiger partial charge in [0.2, 0.25) is 0 Å². The Morgan fingerprint density at radius 3 is 2.74 bits per heavy atom. The molecule has 0 amide bonds. The average Bonchev–Trinajstić information content (AvgIpc) is 2.84. The monoisotopic (exact) mass is 284 g/mol. The molecule has 0 unspecified atom stereocenters. The van der Waals surface area contributed by atoms with Crippen LogP contribution in [0.5, 0.6) is 0 Å². The van der Waals surface area contributed by atoms with E-state index in [-0.39, 0.29) is 5.75 Å².